The van der Waals surface area contributed by atoms with Crippen LogP contribution in [0, 0.1) is 0 Å². The van der Waals surface area contributed by atoms with Gasteiger partial charge in [-0.25, -0.2) is 0 Å². The first-order valence-corrected chi connectivity index (χ1v) is 6.29. The predicted molar refractivity (Wildman–Crippen MR) is 69.9 cm³/mol. The fraction of sp³-hybridized carbons (Fsp3) is 0.286. The minimum atomic E-state index is -0.749. The molecule has 1 heterocycles. The van der Waals surface area contributed by atoms with E-state index < -0.39 is 11.4 Å². The van der Waals surface area contributed by atoms with Gasteiger partial charge >= 0.3 is 5.97 Å². The Balaban J connectivity index is 2.28. The molecule has 0 amide bonds. The van der Waals surface area contributed by atoms with E-state index >= 15 is 0 Å². The van der Waals surface area contributed by atoms with Crippen LogP contribution >= 0.6 is 11.6 Å². The maximum Gasteiger partial charge on any atom is 0.314 e. The molecule has 3 nitrogen and oxygen atoms in total. The third-order valence-electron chi connectivity index (χ3n) is 3.84. The van der Waals surface area contributed by atoms with Gasteiger partial charge < -0.3 is 5.11 Å². The summed E-state index contributed by atoms with van der Waals surface area (Å²) < 4.78 is 0. The Kier molecular flexibility index (Phi) is 2.52. The maximum absolute atomic E-state index is 11.6. The molecule has 1 aliphatic rings. The Morgan fingerprint density at radius 1 is 1.33 bits per heavy atom. The number of hydrogen-bond donors (Lipinski definition) is 1. The van der Waals surface area contributed by atoms with Crippen molar-refractivity contribution in [1.82, 2.24) is 4.98 Å². The topological polar surface area (TPSA) is 50.2 Å². The summed E-state index contributed by atoms with van der Waals surface area (Å²) >= 11 is 6.01. The summed E-state index contributed by atoms with van der Waals surface area (Å²) in [6.45, 7) is 0. The molecule has 0 aliphatic heterocycles. The Bertz CT molecular complexity index is 635. The molecule has 0 radical (unpaired) electrons. The van der Waals surface area contributed by atoms with Crippen molar-refractivity contribution in [2.24, 2.45) is 0 Å². The van der Waals surface area contributed by atoms with Crippen LogP contribution in [0.4, 0.5) is 0 Å². The molecule has 0 atom stereocenters. The van der Waals surface area contributed by atoms with Gasteiger partial charge in [-0.15, -0.1) is 0 Å². The summed E-state index contributed by atoms with van der Waals surface area (Å²) in [5.74, 6) is -0.749. The van der Waals surface area contributed by atoms with Crippen LogP contribution in [0.3, 0.4) is 0 Å². The molecule has 0 bridgehead atoms. The lowest BCUT2D eigenvalue weighted by Gasteiger charge is -2.38. The third-order valence-corrected chi connectivity index (χ3v) is 4.07. The zero-order valence-electron chi connectivity index (χ0n) is 9.69. The van der Waals surface area contributed by atoms with E-state index in [1.807, 2.05) is 18.2 Å². The molecular weight excluding hydrogens is 250 g/mol. The van der Waals surface area contributed by atoms with Crippen LogP contribution in [-0.4, -0.2) is 16.1 Å². The zero-order valence-corrected chi connectivity index (χ0v) is 10.4. The number of carbonyl (C=O) groups is 1. The van der Waals surface area contributed by atoms with Crippen LogP contribution in [0.15, 0.2) is 30.5 Å². The minimum Gasteiger partial charge on any atom is -0.481 e. The highest BCUT2D eigenvalue weighted by Gasteiger charge is 2.46. The molecular formula is C14H12ClNO2. The Morgan fingerprint density at radius 2 is 2.11 bits per heavy atom. The van der Waals surface area contributed by atoms with Gasteiger partial charge in [0.15, 0.2) is 0 Å². The normalized spacial score (nSPS) is 17.4. The van der Waals surface area contributed by atoms with Crippen LogP contribution in [0.25, 0.3) is 10.9 Å². The Morgan fingerprint density at radius 3 is 2.72 bits per heavy atom. The maximum atomic E-state index is 11.6. The first-order chi connectivity index (χ1) is 8.63. The van der Waals surface area contributed by atoms with Gasteiger partial charge in [0.1, 0.15) is 0 Å². The molecule has 1 fully saturated rings. The highest BCUT2D eigenvalue weighted by atomic mass is 35.5. The lowest BCUT2D eigenvalue weighted by atomic mass is 9.64. The van der Waals surface area contributed by atoms with Gasteiger partial charge in [0.2, 0.25) is 0 Å². The standard InChI is InChI=1S/C14H12ClNO2/c15-9-2-3-12-10(8-9)11(4-7-16-12)14(13(17)18)5-1-6-14/h2-4,7-8H,1,5-6H2,(H,17,18). The largest absolute Gasteiger partial charge is 0.481 e. The molecule has 1 aliphatic carbocycles. The van der Waals surface area contributed by atoms with E-state index in [1.54, 1.807) is 12.3 Å². The van der Waals surface area contributed by atoms with E-state index in [1.165, 1.54) is 0 Å². The second kappa shape index (κ2) is 3.95. The van der Waals surface area contributed by atoms with Crippen LogP contribution in [-0.2, 0) is 10.2 Å². The Labute approximate surface area is 109 Å². The molecule has 0 spiro atoms. The van der Waals surface area contributed by atoms with Crippen molar-refractivity contribution in [3.05, 3.63) is 41.0 Å². The van der Waals surface area contributed by atoms with Gasteiger partial charge in [-0.05, 0) is 42.7 Å². The lowest BCUT2D eigenvalue weighted by molar-refractivity contribution is -0.147. The van der Waals surface area contributed by atoms with Gasteiger partial charge in [-0.1, -0.05) is 18.0 Å². The SMILES string of the molecule is O=C(O)C1(c2ccnc3ccc(Cl)cc23)CCC1. The van der Waals surface area contributed by atoms with Crippen molar-refractivity contribution >= 4 is 28.5 Å². The number of aromatic nitrogens is 1. The quantitative estimate of drug-likeness (QED) is 0.901. The van der Waals surface area contributed by atoms with Gasteiger partial charge in [-0.2, -0.15) is 0 Å². The molecule has 18 heavy (non-hydrogen) atoms. The molecule has 1 aromatic heterocycles. The van der Waals surface area contributed by atoms with Gasteiger partial charge in [0, 0.05) is 16.6 Å². The number of hydrogen-bond acceptors (Lipinski definition) is 2. The molecule has 92 valence electrons. The van der Waals surface area contributed by atoms with E-state index in [4.69, 9.17) is 11.6 Å². The summed E-state index contributed by atoms with van der Waals surface area (Å²) in [7, 11) is 0. The fourth-order valence-corrected chi connectivity index (χ4v) is 2.84. The van der Waals surface area contributed by atoms with Gasteiger partial charge in [0.25, 0.3) is 0 Å². The van der Waals surface area contributed by atoms with Crippen molar-refractivity contribution in [3.8, 4) is 0 Å². The molecule has 1 saturated carbocycles. The lowest BCUT2D eigenvalue weighted by Crippen LogP contribution is -2.42. The number of halogens is 1. The average molecular weight is 262 g/mol. The predicted octanol–water partition coefficient (Wildman–Crippen LogP) is 3.39. The van der Waals surface area contributed by atoms with Crippen LogP contribution in [0.5, 0.6) is 0 Å². The number of nitrogens with zero attached hydrogens (tertiary/aromatic N) is 1. The summed E-state index contributed by atoms with van der Waals surface area (Å²) in [6, 6.07) is 7.22. The minimum absolute atomic E-state index is 0.608. The van der Waals surface area contributed by atoms with E-state index in [2.05, 4.69) is 4.98 Å². The smallest absolute Gasteiger partial charge is 0.314 e. The first-order valence-electron chi connectivity index (χ1n) is 5.92. The Hall–Kier alpha value is -1.61. The number of benzene rings is 1. The van der Waals surface area contributed by atoms with Crippen molar-refractivity contribution in [2.75, 3.05) is 0 Å². The van der Waals surface area contributed by atoms with Crippen molar-refractivity contribution in [2.45, 2.75) is 24.7 Å². The molecule has 1 aromatic carbocycles. The molecule has 3 rings (SSSR count). The summed E-state index contributed by atoms with van der Waals surface area (Å²) in [5.41, 5.74) is 0.893. The molecule has 0 unspecified atom stereocenters. The summed E-state index contributed by atoms with van der Waals surface area (Å²) in [5, 5.41) is 11.0. The summed E-state index contributed by atoms with van der Waals surface area (Å²) in [6.07, 6.45) is 4.01. The highest BCUT2D eigenvalue weighted by Crippen LogP contribution is 2.46. The van der Waals surface area contributed by atoms with Crippen molar-refractivity contribution in [1.29, 1.82) is 0 Å². The van der Waals surface area contributed by atoms with Crippen LogP contribution < -0.4 is 0 Å². The number of fused-ring (bicyclic) bond motifs is 1. The number of rotatable bonds is 2. The van der Waals surface area contributed by atoms with E-state index in [9.17, 15) is 9.90 Å². The van der Waals surface area contributed by atoms with Crippen molar-refractivity contribution in [3.63, 3.8) is 0 Å². The van der Waals surface area contributed by atoms with Gasteiger partial charge in [0.05, 0.1) is 10.9 Å². The highest BCUT2D eigenvalue weighted by molar-refractivity contribution is 6.31. The van der Waals surface area contributed by atoms with Gasteiger partial charge in [-0.3, -0.25) is 9.78 Å². The average Bonchev–Trinajstić information content (AvgIpc) is 2.27. The number of pyridine rings is 1. The second-order valence-electron chi connectivity index (χ2n) is 4.76. The van der Waals surface area contributed by atoms with Crippen LogP contribution in [0.2, 0.25) is 5.02 Å². The van der Waals surface area contributed by atoms with Crippen LogP contribution in [0.1, 0.15) is 24.8 Å². The third kappa shape index (κ3) is 1.51. The zero-order chi connectivity index (χ0) is 12.8. The van der Waals surface area contributed by atoms with E-state index in [0.29, 0.717) is 17.9 Å². The fourth-order valence-electron chi connectivity index (χ4n) is 2.66. The number of carboxylic acids is 1. The van der Waals surface area contributed by atoms with E-state index in [0.717, 1.165) is 22.9 Å². The van der Waals surface area contributed by atoms with Crippen molar-refractivity contribution < 1.29 is 9.90 Å². The molecule has 0 saturated heterocycles. The number of aliphatic carboxylic acids is 1. The number of carboxylic acid groups (broad SMARTS) is 1. The monoisotopic (exact) mass is 261 g/mol. The second-order valence-corrected chi connectivity index (χ2v) is 5.20. The van der Waals surface area contributed by atoms with E-state index in [-0.39, 0.29) is 0 Å². The summed E-state index contributed by atoms with van der Waals surface area (Å²) in [4.78, 5) is 15.8. The molecule has 2 aromatic rings. The molecule has 4 heteroatoms. The first kappa shape index (κ1) is 11.5. The molecule has 1 N–H and O–H groups in total.